The van der Waals surface area contributed by atoms with Gasteiger partial charge in [0.2, 0.25) is 5.91 Å². The van der Waals surface area contributed by atoms with Crippen LogP contribution in [0.15, 0.2) is 24.3 Å². The maximum absolute atomic E-state index is 11.4. The standard InChI is InChI=1S/C16H24N2O3/c1-17-11-16(19)18-10-13-2-4-14(5-3-13)12-21-15-6-8-20-9-7-15/h2-5,15,17H,6-12H2,1H3,(H,18,19). The van der Waals surface area contributed by atoms with Crippen molar-refractivity contribution in [3.05, 3.63) is 35.4 Å². The number of benzene rings is 1. The molecule has 116 valence electrons. The molecule has 1 amide bonds. The molecule has 5 heteroatoms. The van der Waals surface area contributed by atoms with Crippen LogP contribution in [0.2, 0.25) is 0 Å². The summed E-state index contributed by atoms with van der Waals surface area (Å²) in [6.07, 6.45) is 2.28. The van der Waals surface area contributed by atoms with Gasteiger partial charge in [-0.25, -0.2) is 0 Å². The molecule has 2 N–H and O–H groups in total. The second kappa shape index (κ2) is 8.77. The van der Waals surface area contributed by atoms with Gasteiger partial charge in [0, 0.05) is 19.8 Å². The fourth-order valence-corrected chi connectivity index (χ4v) is 2.23. The van der Waals surface area contributed by atoms with Gasteiger partial charge >= 0.3 is 0 Å². The van der Waals surface area contributed by atoms with Gasteiger partial charge in [0.1, 0.15) is 0 Å². The number of carbonyl (C=O) groups excluding carboxylic acids is 1. The Labute approximate surface area is 126 Å². The largest absolute Gasteiger partial charge is 0.381 e. The Morgan fingerprint density at radius 1 is 1.24 bits per heavy atom. The van der Waals surface area contributed by atoms with Gasteiger partial charge in [0.15, 0.2) is 0 Å². The first kappa shape index (κ1) is 15.9. The summed E-state index contributed by atoms with van der Waals surface area (Å²) in [7, 11) is 1.76. The minimum Gasteiger partial charge on any atom is -0.381 e. The molecule has 21 heavy (non-hydrogen) atoms. The fourth-order valence-electron chi connectivity index (χ4n) is 2.23. The highest BCUT2D eigenvalue weighted by Gasteiger charge is 2.13. The monoisotopic (exact) mass is 292 g/mol. The van der Waals surface area contributed by atoms with Crippen LogP contribution in [0, 0.1) is 0 Å². The van der Waals surface area contributed by atoms with Crippen molar-refractivity contribution < 1.29 is 14.3 Å². The number of carbonyl (C=O) groups is 1. The smallest absolute Gasteiger partial charge is 0.234 e. The Kier molecular flexibility index (Phi) is 6.66. The summed E-state index contributed by atoms with van der Waals surface area (Å²) in [6.45, 7) is 3.14. The zero-order valence-corrected chi connectivity index (χ0v) is 12.6. The maximum Gasteiger partial charge on any atom is 0.234 e. The first-order valence-electron chi connectivity index (χ1n) is 7.46. The summed E-state index contributed by atoms with van der Waals surface area (Å²) in [4.78, 5) is 11.4. The summed E-state index contributed by atoms with van der Waals surface area (Å²) in [5.41, 5.74) is 2.25. The van der Waals surface area contributed by atoms with E-state index in [4.69, 9.17) is 9.47 Å². The second-order valence-electron chi connectivity index (χ2n) is 5.25. The van der Waals surface area contributed by atoms with E-state index in [1.807, 2.05) is 12.1 Å². The van der Waals surface area contributed by atoms with Crippen LogP contribution in [-0.2, 0) is 27.4 Å². The summed E-state index contributed by atoms with van der Waals surface area (Å²) in [5.74, 6) is 0.00410. The number of amides is 1. The van der Waals surface area contributed by atoms with Crippen LogP contribution in [0.25, 0.3) is 0 Å². The molecular weight excluding hydrogens is 268 g/mol. The van der Waals surface area contributed by atoms with Crippen LogP contribution in [0.5, 0.6) is 0 Å². The SMILES string of the molecule is CNCC(=O)NCc1ccc(COC2CCOCC2)cc1. The van der Waals surface area contributed by atoms with E-state index in [-0.39, 0.29) is 5.91 Å². The van der Waals surface area contributed by atoms with Crippen LogP contribution in [0.4, 0.5) is 0 Å². The van der Waals surface area contributed by atoms with Gasteiger partial charge in [0.05, 0.1) is 19.3 Å². The molecule has 0 atom stereocenters. The first-order chi connectivity index (χ1) is 10.3. The molecule has 0 radical (unpaired) electrons. The maximum atomic E-state index is 11.4. The molecule has 1 aromatic carbocycles. The van der Waals surface area contributed by atoms with Gasteiger partial charge in [-0.2, -0.15) is 0 Å². The predicted molar refractivity (Wildman–Crippen MR) is 80.8 cm³/mol. The summed E-state index contributed by atoms with van der Waals surface area (Å²) in [6, 6.07) is 8.17. The van der Waals surface area contributed by atoms with Crippen molar-refractivity contribution in [1.82, 2.24) is 10.6 Å². The molecule has 1 aliphatic rings. The van der Waals surface area contributed by atoms with Gasteiger partial charge in [-0.1, -0.05) is 24.3 Å². The van der Waals surface area contributed by atoms with E-state index in [1.165, 1.54) is 0 Å². The Hall–Kier alpha value is -1.43. The molecule has 0 bridgehead atoms. The number of hydrogen-bond acceptors (Lipinski definition) is 4. The summed E-state index contributed by atoms with van der Waals surface area (Å²) < 4.78 is 11.2. The molecule has 0 aliphatic carbocycles. The zero-order valence-electron chi connectivity index (χ0n) is 12.6. The minimum absolute atomic E-state index is 0.00410. The Bertz CT molecular complexity index is 428. The van der Waals surface area contributed by atoms with E-state index in [9.17, 15) is 4.79 Å². The lowest BCUT2D eigenvalue weighted by Gasteiger charge is -2.22. The van der Waals surface area contributed by atoms with Crippen molar-refractivity contribution in [3.63, 3.8) is 0 Å². The highest BCUT2D eigenvalue weighted by Crippen LogP contribution is 2.13. The van der Waals surface area contributed by atoms with Crippen molar-refractivity contribution in [3.8, 4) is 0 Å². The lowest BCUT2D eigenvalue weighted by Crippen LogP contribution is -2.31. The van der Waals surface area contributed by atoms with E-state index in [2.05, 4.69) is 22.8 Å². The number of nitrogens with one attached hydrogen (secondary N) is 2. The molecule has 5 nitrogen and oxygen atoms in total. The van der Waals surface area contributed by atoms with Crippen molar-refractivity contribution in [2.24, 2.45) is 0 Å². The highest BCUT2D eigenvalue weighted by molar-refractivity contribution is 5.77. The van der Waals surface area contributed by atoms with E-state index < -0.39 is 0 Å². The molecule has 1 saturated heterocycles. The third-order valence-corrected chi connectivity index (χ3v) is 3.50. The molecule has 1 aromatic rings. The van der Waals surface area contributed by atoms with Crippen LogP contribution in [-0.4, -0.2) is 38.8 Å². The first-order valence-corrected chi connectivity index (χ1v) is 7.46. The lowest BCUT2D eigenvalue weighted by molar-refractivity contribution is -0.120. The highest BCUT2D eigenvalue weighted by atomic mass is 16.5. The van der Waals surface area contributed by atoms with Gasteiger partial charge < -0.3 is 20.1 Å². The van der Waals surface area contributed by atoms with E-state index in [0.717, 1.165) is 37.2 Å². The van der Waals surface area contributed by atoms with E-state index in [1.54, 1.807) is 7.05 Å². The molecule has 1 fully saturated rings. The van der Waals surface area contributed by atoms with Crippen LogP contribution >= 0.6 is 0 Å². The third kappa shape index (κ3) is 5.83. The van der Waals surface area contributed by atoms with E-state index in [0.29, 0.717) is 25.8 Å². The van der Waals surface area contributed by atoms with Gasteiger partial charge in [-0.15, -0.1) is 0 Å². The summed E-state index contributed by atoms with van der Waals surface area (Å²) >= 11 is 0. The molecule has 1 aliphatic heterocycles. The van der Waals surface area contributed by atoms with Gasteiger partial charge in [-0.05, 0) is 31.0 Å². The molecule has 0 aromatic heterocycles. The minimum atomic E-state index is 0.00410. The lowest BCUT2D eigenvalue weighted by atomic mass is 10.1. The Morgan fingerprint density at radius 3 is 2.57 bits per heavy atom. The molecule has 0 spiro atoms. The third-order valence-electron chi connectivity index (χ3n) is 3.50. The van der Waals surface area contributed by atoms with Crippen molar-refractivity contribution in [1.29, 1.82) is 0 Å². The number of hydrogen-bond donors (Lipinski definition) is 2. The van der Waals surface area contributed by atoms with Crippen molar-refractivity contribution in [2.45, 2.75) is 32.1 Å². The normalized spacial score (nSPS) is 15.9. The fraction of sp³-hybridized carbons (Fsp3) is 0.562. The van der Waals surface area contributed by atoms with Crippen molar-refractivity contribution >= 4 is 5.91 Å². The predicted octanol–water partition coefficient (Wildman–Crippen LogP) is 1.22. The average molecular weight is 292 g/mol. The van der Waals surface area contributed by atoms with Crippen LogP contribution in [0.1, 0.15) is 24.0 Å². The number of rotatable bonds is 7. The molecule has 0 saturated carbocycles. The summed E-state index contributed by atoms with van der Waals surface area (Å²) in [5, 5.41) is 5.68. The number of likely N-dealkylation sites (N-methyl/N-ethyl adjacent to an activating group) is 1. The topological polar surface area (TPSA) is 59.6 Å². The quantitative estimate of drug-likeness (QED) is 0.793. The van der Waals surface area contributed by atoms with Crippen LogP contribution in [0.3, 0.4) is 0 Å². The molecule has 2 rings (SSSR count). The molecule has 1 heterocycles. The second-order valence-corrected chi connectivity index (χ2v) is 5.25. The molecule has 0 unspecified atom stereocenters. The van der Waals surface area contributed by atoms with Gasteiger partial charge in [-0.3, -0.25) is 4.79 Å². The number of ether oxygens (including phenoxy) is 2. The van der Waals surface area contributed by atoms with Crippen LogP contribution < -0.4 is 10.6 Å². The Morgan fingerprint density at radius 2 is 1.90 bits per heavy atom. The Balaban J connectivity index is 1.72. The van der Waals surface area contributed by atoms with Crippen molar-refractivity contribution in [2.75, 3.05) is 26.8 Å². The van der Waals surface area contributed by atoms with E-state index >= 15 is 0 Å². The zero-order chi connectivity index (χ0) is 14.9. The van der Waals surface area contributed by atoms with Gasteiger partial charge in [0.25, 0.3) is 0 Å². The average Bonchev–Trinajstić information content (AvgIpc) is 2.53. The molecular formula is C16H24N2O3.